The number of unbranched alkanes of at least 4 members (excludes halogenated alkanes) is 8. The Bertz CT molecular complexity index is 1200. The lowest BCUT2D eigenvalue weighted by molar-refractivity contribution is 0.00578. The minimum atomic E-state index is -0.368. The molecule has 2 fully saturated rings. The van der Waals surface area contributed by atoms with Gasteiger partial charge in [-0.1, -0.05) is 114 Å². The fraction of sp³-hybridized carbons (Fsp3) is 0.692. The molecule has 0 unspecified atom stereocenters. The molecule has 2 saturated heterocycles. The quantitative estimate of drug-likeness (QED) is 0.157. The van der Waals surface area contributed by atoms with Gasteiger partial charge in [-0.25, -0.2) is 0 Å². The third-order valence-electron chi connectivity index (χ3n) is 11.9. The molecule has 0 bridgehead atoms. The van der Waals surface area contributed by atoms with E-state index >= 15 is 0 Å². The predicted octanol–water partition coefficient (Wildman–Crippen LogP) is 9.27. The molecule has 1 aliphatic carbocycles. The van der Waals surface area contributed by atoms with Crippen molar-refractivity contribution in [2.75, 3.05) is 0 Å². The van der Waals surface area contributed by atoms with Crippen molar-refractivity contribution in [3.8, 4) is 11.1 Å². The van der Waals surface area contributed by atoms with Gasteiger partial charge in [0.25, 0.3) is 0 Å². The second kappa shape index (κ2) is 13.1. The maximum absolute atomic E-state index is 6.58. The SMILES string of the molecule is CCCCCCCC1(CCCCCCC)c2cc(B3OC(C)(C)C(C)(C)O3)ccc2-c2ccc(B3OC(C)(C)C(C)(C)O3)cc21. The van der Waals surface area contributed by atoms with Crippen molar-refractivity contribution >= 4 is 25.2 Å². The summed E-state index contributed by atoms with van der Waals surface area (Å²) in [5, 5.41) is 0. The first-order valence-electron chi connectivity index (χ1n) is 18.2. The number of rotatable bonds is 14. The molecule has 0 radical (unpaired) electrons. The molecule has 2 heterocycles. The van der Waals surface area contributed by atoms with Crippen LogP contribution < -0.4 is 10.9 Å². The van der Waals surface area contributed by atoms with Crippen LogP contribution in [-0.2, 0) is 24.0 Å². The molecule has 45 heavy (non-hydrogen) atoms. The normalized spacial score (nSPS) is 21.7. The lowest BCUT2D eigenvalue weighted by Crippen LogP contribution is -2.41. The number of fused-ring (bicyclic) bond motifs is 3. The Morgan fingerprint density at radius 2 is 0.800 bits per heavy atom. The Balaban J connectivity index is 1.58. The van der Waals surface area contributed by atoms with Crippen molar-refractivity contribution in [3.05, 3.63) is 47.5 Å². The van der Waals surface area contributed by atoms with Crippen molar-refractivity contribution in [1.29, 1.82) is 0 Å². The minimum absolute atomic E-state index is 0.0532. The van der Waals surface area contributed by atoms with Gasteiger partial charge in [-0.2, -0.15) is 0 Å². The summed E-state index contributed by atoms with van der Waals surface area (Å²) in [5.74, 6) is 0. The molecular weight excluding hydrogens is 554 g/mol. The van der Waals surface area contributed by atoms with Crippen molar-refractivity contribution in [2.45, 2.75) is 174 Å². The molecule has 4 nitrogen and oxygen atoms in total. The van der Waals surface area contributed by atoms with E-state index in [0.717, 1.165) is 23.8 Å². The first kappa shape index (κ1) is 34.7. The van der Waals surface area contributed by atoms with Crippen LogP contribution in [0.3, 0.4) is 0 Å². The summed E-state index contributed by atoms with van der Waals surface area (Å²) < 4.78 is 26.3. The van der Waals surface area contributed by atoms with Crippen LogP contribution in [0.4, 0.5) is 0 Å². The lowest BCUT2D eigenvalue weighted by atomic mass is 9.67. The van der Waals surface area contributed by atoms with Gasteiger partial charge in [-0.3, -0.25) is 0 Å². The summed E-state index contributed by atoms with van der Waals surface area (Å²) in [6, 6.07) is 14.1. The molecule has 0 spiro atoms. The van der Waals surface area contributed by atoms with Crippen LogP contribution >= 0.6 is 0 Å². The Morgan fingerprint density at radius 1 is 0.467 bits per heavy atom. The fourth-order valence-electron chi connectivity index (χ4n) is 7.51. The number of hydrogen-bond acceptors (Lipinski definition) is 4. The highest BCUT2D eigenvalue weighted by Gasteiger charge is 2.54. The van der Waals surface area contributed by atoms with Gasteiger partial charge in [0.1, 0.15) is 0 Å². The highest BCUT2D eigenvalue weighted by atomic mass is 16.7. The van der Waals surface area contributed by atoms with Crippen LogP contribution in [0.2, 0.25) is 0 Å². The summed E-state index contributed by atoms with van der Waals surface area (Å²) in [7, 11) is -0.729. The average molecular weight is 615 g/mol. The van der Waals surface area contributed by atoms with Gasteiger partial charge >= 0.3 is 14.2 Å². The first-order valence-corrected chi connectivity index (χ1v) is 18.2. The van der Waals surface area contributed by atoms with Gasteiger partial charge in [-0.05, 0) is 101 Å². The standard InChI is InChI=1S/C39H60B2O4/c1-11-13-15-17-19-25-39(26-20-18-16-14-12-2)33-27-29(40-42-35(3,4)36(5,6)43-40)21-23-31(33)32-24-22-30(28-34(32)39)41-44-37(7,8)38(9,10)45-41/h21-24,27-28H,11-20,25-26H2,1-10H3. The van der Waals surface area contributed by atoms with E-state index in [1.54, 1.807) is 0 Å². The maximum atomic E-state index is 6.58. The van der Waals surface area contributed by atoms with Crippen molar-refractivity contribution in [3.63, 3.8) is 0 Å². The van der Waals surface area contributed by atoms with Crippen LogP contribution in [0.15, 0.2) is 36.4 Å². The van der Waals surface area contributed by atoms with Crippen molar-refractivity contribution in [1.82, 2.24) is 0 Å². The third-order valence-corrected chi connectivity index (χ3v) is 11.9. The zero-order valence-electron chi connectivity index (χ0n) is 30.2. The molecule has 6 heteroatoms. The summed E-state index contributed by atoms with van der Waals surface area (Å²) in [5.41, 5.74) is 6.40. The Labute approximate surface area is 276 Å². The van der Waals surface area contributed by atoms with E-state index in [2.05, 4.69) is 106 Å². The van der Waals surface area contributed by atoms with E-state index in [9.17, 15) is 0 Å². The van der Waals surface area contributed by atoms with Crippen LogP contribution in [0.5, 0.6) is 0 Å². The van der Waals surface area contributed by atoms with Gasteiger partial charge in [0.05, 0.1) is 22.4 Å². The third kappa shape index (κ3) is 6.60. The summed E-state index contributed by atoms with van der Waals surface area (Å²) in [4.78, 5) is 0. The monoisotopic (exact) mass is 614 g/mol. The van der Waals surface area contributed by atoms with Gasteiger partial charge in [0.2, 0.25) is 0 Å². The molecule has 0 amide bonds. The maximum Gasteiger partial charge on any atom is 0.494 e. The highest BCUT2D eigenvalue weighted by molar-refractivity contribution is 6.62. The summed E-state index contributed by atoms with van der Waals surface area (Å²) >= 11 is 0. The minimum Gasteiger partial charge on any atom is -0.399 e. The van der Waals surface area contributed by atoms with Gasteiger partial charge < -0.3 is 18.6 Å². The summed E-state index contributed by atoms with van der Waals surface area (Å²) in [6.07, 6.45) is 15.1. The molecule has 2 aromatic carbocycles. The molecule has 2 aliphatic heterocycles. The predicted molar refractivity (Wildman–Crippen MR) is 191 cm³/mol. The van der Waals surface area contributed by atoms with E-state index in [4.69, 9.17) is 18.6 Å². The molecule has 0 saturated carbocycles. The molecule has 246 valence electrons. The molecule has 5 rings (SSSR count). The van der Waals surface area contributed by atoms with Crippen LogP contribution in [0.1, 0.15) is 157 Å². The Morgan fingerprint density at radius 3 is 1.13 bits per heavy atom. The average Bonchev–Trinajstić information content (AvgIpc) is 3.47. The van der Waals surface area contributed by atoms with E-state index in [1.807, 2.05) is 0 Å². The first-order chi connectivity index (χ1) is 21.2. The molecule has 3 aliphatic rings. The highest BCUT2D eigenvalue weighted by Crippen LogP contribution is 2.54. The smallest absolute Gasteiger partial charge is 0.399 e. The molecule has 0 aromatic heterocycles. The van der Waals surface area contributed by atoms with E-state index in [1.165, 1.54) is 86.5 Å². The second-order valence-electron chi connectivity index (χ2n) is 16.2. The Kier molecular flexibility index (Phi) is 10.1. The van der Waals surface area contributed by atoms with E-state index in [-0.39, 0.29) is 42.1 Å². The largest absolute Gasteiger partial charge is 0.494 e. The van der Waals surface area contributed by atoms with Crippen LogP contribution in [-0.4, -0.2) is 36.6 Å². The van der Waals surface area contributed by atoms with Crippen LogP contribution in [0.25, 0.3) is 11.1 Å². The number of benzene rings is 2. The number of hydrogen-bond donors (Lipinski definition) is 0. The van der Waals surface area contributed by atoms with Crippen molar-refractivity contribution < 1.29 is 18.6 Å². The van der Waals surface area contributed by atoms with E-state index < -0.39 is 0 Å². The van der Waals surface area contributed by atoms with Crippen LogP contribution in [0, 0.1) is 0 Å². The van der Waals surface area contributed by atoms with E-state index in [0.29, 0.717) is 0 Å². The molecular formula is C39H60B2O4. The second-order valence-corrected chi connectivity index (χ2v) is 16.2. The Hall–Kier alpha value is -1.59. The molecule has 2 aromatic rings. The van der Waals surface area contributed by atoms with Gasteiger partial charge in [-0.15, -0.1) is 0 Å². The molecule has 0 atom stereocenters. The zero-order chi connectivity index (χ0) is 32.7. The van der Waals surface area contributed by atoms with Crippen molar-refractivity contribution in [2.24, 2.45) is 0 Å². The fourth-order valence-corrected chi connectivity index (χ4v) is 7.51. The zero-order valence-corrected chi connectivity index (χ0v) is 30.2. The summed E-state index contributed by atoms with van der Waals surface area (Å²) in [6.45, 7) is 21.7. The van der Waals surface area contributed by atoms with Gasteiger partial charge in [0, 0.05) is 5.41 Å². The van der Waals surface area contributed by atoms with Gasteiger partial charge in [0.15, 0.2) is 0 Å². The lowest BCUT2D eigenvalue weighted by Gasteiger charge is -2.33. The topological polar surface area (TPSA) is 36.9 Å². The molecule has 0 N–H and O–H groups in total.